The lowest BCUT2D eigenvalue weighted by atomic mass is 10.0. The van der Waals surface area contributed by atoms with Gasteiger partial charge in [-0.2, -0.15) is 0 Å². The standard InChI is InChI=1S/C15H22N2O3/c1-10-6-7-17(13(10)9-18)8-11-4-3-5-12(16)14(11)15(19)20-2/h3-5,10,13,18H,6-9,16H2,1-2H3. The number of aliphatic hydroxyl groups is 1. The highest BCUT2D eigenvalue weighted by Crippen LogP contribution is 2.27. The summed E-state index contributed by atoms with van der Waals surface area (Å²) in [5.74, 6) is 0.0496. The molecule has 1 aromatic carbocycles. The van der Waals surface area contributed by atoms with E-state index in [2.05, 4.69) is 11.8 Å². The Morgan fingerprint density at radius 3 is 2.95 bits per heavy atom. The van der Waals surface area contributed by atoms with Crippen LogP contribution in [-0.4, -0.2) is 42.3 Å². The number of carbonyl (C=O) groups excluding carboxylic acids is 1. The highest BCUT2D eigenvalue weighted by Gasteiger charge is 2.31. The highest BCUT2D eigenvalue weighted by atomic mass is 16.5. The van der Waals surface area contributed by atoms with E-state index in [1.807, 2.05) is 12.1 Å². The van der Waals surface area contributed by atoms with Crippen LogP contribution in [0.1, 0.15) is 29.3 Å². The average Bonchev–Trinajstić information content (AvgIpc) is 2.78. The molecule has 1 fully saturated rings. The summed E-state index contributed by atoms with van der Waals surface area (Å²) in [4.78, 5) is 14.1. The molecule has 110 valence electrons. The van der Waals surface area contributed by atoms with Crippen molar-refractivity contribution in [1.29, 1.82) is 0 Å². The number of hydrogen-bond donors (Lipinski definition) is 2. The van der Waals surface area contributed by atoms with Gasteiger partial charge in [0.05, 0.1) is 19.3 Å². The van der Waals surface area contributed by atoms with Gasteiger partial charge < -0.3 is 15.6 Å². The van der Waals surface area contributed by atoms with Gasteiger partial charge in [-0.25, -0.2) is 4.79 Å². The molecule has 2 unspecified atom stereocenters. The minimum absolute atomic E-state index is 0.136. The smallest absolute Gasteiger partial charge is 0.340 e. The molecule has 3 N–H and O–H groups in total. The van der Waals surface area contributed by atoms with Crippen LogP contribution in [0.2, 0.25) is 0 Å². The van der Waals surface area contributed by atoms with E-state index in [0.29, 0.717) is 23.7 Å². The van der Waals surface area contributed by atoms with Crippen molar-refractivity contribution in [2.24, 2.45) is 5.92 Å². The summed E-state index contributed by atoms with van der Waals surface area (Å²) in [6.07, 6.45) is 1.06. The van der Waals surface area contributed by atoms with Crippen molar-refractivity contribution in [2.75, 3.05) is 26.0 Å². The molecule has 20 heavy (non-hydrogen) atoms. The minimum atomic E-state index is -0.411. The summed E-state index contributed by atoms with van der Waals surface area (Å²) in [7, 11) is 1.35. The Morgan fingerprint density at radius 2 is 2.30 bits per heavy atom. The van der Waals surface area contributed by atoms with Crippen LogP contribution < -0.4 is 5.73 Å². The third-order valence-electron chi connectivity index (χ3n) is 4.13. The quantitative estimate of drug-likeness (QED) is 0.640. The third-order valence-corrected chi connectivity index (χ3v) is 4.13. The van der Waals surface area contributed by atoms with Gasteiger partial charge in [0.15, 0.2) is 0 Å². The first kappa shape index (κ1) is 14.8. The average molecular weight is 278 g/mol. The van der Waals surface area contributed by atoms with E-state index in [0.717, 1.165) is 18.5 Å². The minimum Gasteiger partial charge on any atom is -0.465 e. The first-order valence-electron chi connectivity index (χ1n) is 6.89. The van der Waals surface area contributed by atoms with Crippen LogP contribution in [0.25, 0.3) is 0 Å². The first-order valence-corrected chi connectivity index (χ1v) is 6.89. The van der Waals surface area contributed by atoms with Crippen molar-refractivity contribution in [1.82, 2.24) is 4.90 Å². The Kier molecular flexibility index (Phi) is 4.62. The normalized spacial score (nSPS) is 22.9. The number of benzene rings is 1. The second kappa shape index (κ2) is 6.24. The van der Waals surface area contributed by atoms with Gasteiger partial charge >= 0.3 is 5.97 Å². The summed E-state index contributed by atoms with van der Waals surface area (Å²) in [5, 5.41) is 9.51. The Hall–Kier alpha value is -1.59. The summed E-state index contributed by atoms with van der Waals surface area (Å²) in [6.45, 7) is 3.80. The maximum absolute atomic E-state index is 11.9. The Balaban J connectivity index is 2.25. The largest absolute Gasteiger partial charge is 0.465 e. The lowest BCUT2D eigenvalue weighted by Crippen LogP contribution is -2.35. The number of ether oxygens (including phenoxy) is 1. The fourth-order valence-electron chi connectivity index (χ4n) is 2.90. The molecule has 2 rings (SSSR count). The van der Waals surface area contributed by atoms with Crippen LogP contribution in [0.4, 0.5) is 5.69 Å². The molecular weight excluding hydrogens is 256 g/mol. The fraction of sp³-hybridized carbons (Fsp3) is 0.533. The zero-order valence-electron chi connectivity index (χ0n) is 12.0. The van der Waals surface area contributed by atoms with Crippen LogP contribution in [0.3, 0.4) is 0 Å². The Morgan fingerprint density at radius 1 is 1.55 bits per heavy atom. The third kappa shape index (κ3) is 2.78. The van der Waals surface area contributed by atoms with Gasteiger partial charge in [0, 0.05) is 18.3 Å². The Bertz CT molecular complexity index is 490. The van der Waals surface area contributed by atoms with E-state index in [1.54, 1.807) is 6.07 Å². The van der Waals surface area contributed by atoms with Crippen molar-refractivity contribution in [3.05, 3.63) is 29.3 Å². The topological polar surface area (TPSA) is 75.8 Å². The second-order valence-corrected chi connectivity index (χ2v) is 5.36. The summed E-state index contributed by atoms with van der Waals surface area (Å²) in [6, 6.07) is 5.57. The molecule has 5 heteroatoms. The molecule has 0 amide bonds. The molecule has 0 aromatic heterocycles. The fourth-order valence-corrected chi connectivity index (χ4v) is 2.90. The van der Waals surface area contributed by atoms with Gasteiger partial charge in [-0.1, -0.05) is 19.1 Å². The monoisotopic (exact) mass is 278 g/mol. The van der Waals surface area contributed by atoms with Crippen molar-refractivity contribution >= 4 is 11.7 Å². The van der Waals surface area contributed by atoms with Gasteiger partial charge in [-0.05, 0) is 30.5 Å². The van der Waals surface area contributed by atoms with E-state index in [4.69, 9.17) is 10.5 Å². The summed E-state index contributed by atoms with van der Waals surface area (Å²) in [5.41, 5.74) is 7.62. The van der Waals surface area contributed by atoms with Crippen molar-refractivity contribution in [3.63, 3.8) is 0 Å². The molecule has 1 heterocycles. The molecule has 0 spiro atoms. The molecule has 1 aliphatic rings. The molecule has 1 saturated heterocycles. The lowest BCUT2D eigenvalue weighted by Gasteiger charge is -2.26. The van der Waals surface area contributed by atoms with Crippen LogP contribution in [-0.2, 0) is 11.3 Å². The predicted octanol–water partition coefficient (Wildman–Crippen LogP) is 1.26. The number of carbonyl (C=O) groups is 1. The van der Waals surface area contributed by atoms with E-state index in [-0.39, 0.29) is 12.6 Å². The van der Waals surface area contributed by atoms with E-state index >= 15 is 0 Å². The zero-order valence-corrected chi connectivity index (χ0v) is 12.0. The molecular formula is C15H22N2O3. The number of methoxy groups -OCH3 is 1. The van der Waals surface area contributed by atoms with Crippen LogP contribution >= 0.6 is 0 Å². The van der Waals surface area contributed by atoms with Crippen molar-refractivity contribution in [3.8, 4) is 0 Å². The SMILES string of the molecule is COC(=O)c1c(N)cccc1CN1CCC(C)C1CO. The van der Waals surface area contributed by atoms with Crippen LogP contribution in [0, 0.1) is 5.92 Å². The number of nitrogen functional groups attached to an aromatic ring is 1. The number of rotatable bonds is 4. The number of hydrogen-bond acceptors (Lipinski definition) is 5. The molecule has 2 atom stereocenters. The van der Waals surface area contributed by atoms with E-state index < -0.39 is 5.97 Å². The number of anilines is 1. The van der Waals surface area contributed by atoms with E-state index in [1.165, 1.54) is 7.11 Å². The summed E-state index contributed by atoms with van der Waals surface area (Å²) < 4.78 is 4.81. The maximum Gasteiger partial charge on any atom is 0.340 e. The van der Waals surface area contributed by atoms with Crippen LogP contribution in [0.15, 0.2) is 18.2 Å². The number of nitrogens with zero attached hydrogens (tertiary/aromatic N) is 1. The maximum atomic E-state index is 11.9. The number of aliphatic hydroxyl groups excluding tert-OH is 1. The molecule has 0 saturated carbocycles. The molecule has 5 nitrogen and oxygen atoms in total. The van der Waals surface area contributed by atoms with Gasteiger partial charge in [-0.3, -0.25) is 4.90 Å². The van der Waals surface area contributed by atoms with Gasteiger partial charge in [0.1, 0.15) is 0 Å². The van der Waals surface area contributed by atoms with Crippen molar-refractivity contribution in [2.45, 2.75) is 25.9 Å². The highest BCUT2D eigenvalue weighted by molar-refractivity contribution is 5.96. The number of nitrogens with two attached hydrogens (primary N) is 1. The molecule has 1 aliphatic heterocycles. The van der Waals surface area contributed by atoms with Crippen LogP contribution in [0.5, 0.6) is 0 Å². The molecule has 0 aliphatic carbocycles. The molecule has 1 aromatic rings. The zero-order chi connectivity index (χ0) is 14.7. The second-order valence-electron chi connectivity index (χ2n) is 5.36. The summed E-state index contributed by atoms with van der Waals surface area (Å²) >= 11 is 0. The van der Waals surface area contributed by atoms with Gasteiger partial charge in [0.2, 0.25) is 0 Å². The van der Waals surface area contributed by atoms with E-state index in [9.17, 15) is 9.90 Å². The molecule has 0 radical (unpaired) electrons. The Labute approximate surface area is 119 Å². The number of likely N-dealkylation sites (tertiary alicyclic amines) is 1. The van der Waals surface area contributed by atoms with Gasteiger partial charge in [0.25, 0.3) is 0 Å². The predicted molar refractivity (Wildman–Crippen MR) is 77.3 cm³/mol. The number of esters is 1. The molecule has 0 bridgehead atoms. The first-order chi connectivity index (χ1) is 9.58. The van der Waals surface area contributed by atoms with Gasteiger partial charge in [-0.15, -0.1) is 0 Å². The van der Waals surface area contributed by atoms with Crippen molar-refractivity contribution < 1.29 is 14.6 Å². The lowest BCUT2D eigenvalue weighted by molar-refractivity contribution is 0.0598.